The van der Waals surface area contributed by atoms with E-state index in [9.17, 15) is 0 Å². The summed E-state index contributed by atoms with van der Waals surface area (Å²) in [5.41, 5.74) is 4.18. The zero-order valence-electron chi connectivity index (χ0n) is 15.3. The molecule has 2 aliphatic rings. The Morgan fingerprint density at radius 1 is 0.958 bits per heavy atom. The summed E-state index contributed by atoms with van der Waals surface area (Å²) in [5.74, 6) is 0.739. The van der Waals surface area contributed by atoms with Gasteiger partial charge in [0.05, 0.1) is 13.2 Å². The second-order valence-corrected chi connectivity index (χ2v) is 7.30. The summed E-state index contributed by atoms with van der Waals surface area (Å²) in [6.07, 6.45) is 7.41. The number of allylic oxidation sites excluding steroid dienone is 1. The van der Waals surface area contributed by atoms with Gasteiger partial charge in [0.1, 0.15) is 0 Å². The lowest BCUT2D eigenvalue weighted by molar-refractivity contribution is 0.0318. The average Bonchev–Trinajstić information content (AvgIpc) is 2.61. The number of likely N-dealkylation sites (tertiary alicyclic amines) is 1. The van der Waals surface area contributed by atoms with Gasteiger partial charge in [0.25, 0.3) is 0 Å². The quantitative estimate of drug-likeness (QED) is 0.824. The zero-order valence-corrected chi connectivity index (χ0v) is 15.3. The molecule has 0 radical (unpaired) electrons. The van der Waals surface area contributed by atoms with Gasteiger partial charge in [-0.2, -0.15) is 0 Å². The van der Waals surface area contributed by atoms with Crippen LogP contribution in [0.4, 0.5) is 0 Å². The van der Waals surface area contributed by atoms with Crippen LogP contribution in [0.25, 0.3) is 6.08 Å². The maximum Gasteiger partial charge on any atom is 0.0594 e. The van der Waals surface area contributed by atoms with E-state index in [1.165, 1.54) is 55.7 Å². The minimum atomic E-state index is 0.739. The molecule has 3 rings (SSSR count). The molecule has 132 valence electrons. The summed E-state index contributed by atoms with van der Waals surface area (Å²) in [6, 6.07) is 6.57. The second kappa shape index (κ2) is 8.80. The van der Waals surface area contributed by atoms with Gasteiger partial charge in [-0.3, -0.25) is 4.90 Å². The molecule has 0 aromatic heterocycles. The molecule has 0 atom stereocenters. The van der Waals surface area contributed by atoms with Crippen molar-refractivity contribution in [2.75, 3.05) is 52.5 Å². The minimum Gasteiger partial charge on any atom is -0.379 e. The molecule has 0 unspecified atom stereocenters. The highest BCUT2D eigenvalue weighted by Crippen LogP contribution is 2.22. The van der Waals surface area contributed by atoms with Crippen molar-refractivity contribution in [3.05, 3.63) is 41.0 Å². The van der Waals surface area contributed by atoms with E-state index < -0.39 is 0 Å². The first kappa shape index (κ1) is 17.7. The SMILES string of the molecule is Cc1cccc(C)c1/C=C/C1CCN(CCN2CCOCC2)CC1. The number of hydrogen-bond donors (Lipinski definition) is 0. The molecule has 0 amide bonds. The van der Waals surface area contributed by atoms with E-state index in [1.807, 2.05) is 0 Å². The monoisotopic (exact) mass is 328 g/mol. The third-order valence-electron chi connectivity index (χ3n) is 5.55. The minimum absolute atomic E-state index is 0.739. The van der Waals surface area contributed by atoms with Crippen LogP contribution in [0.3, 0.4) is 0 Å². The molecular weight excluding hydrogens is 296 g/mol. The maximum absolute atomic E-state index is 5.42. The van der Waals surface area contributed by atoms with Gasteiger partial charge in [0.15, 0.2) is 0 Å². The predicted molar refractivity (Wildman–Crippen MR) is 101 cm³/mol. The van der Waals surface area contributed by atoms with Crippen molar-refractivity contribution in [2.24, 2.45) is 5.92 Å². The Hall–Kier alpha value is -1.16. The van der Waals surface area contributed by atoms with Gasteiger partial charge in [-0.25, -0.2) is 0 Å². The van der Waals surface area contributed by atoms with Gasteiger partial charge < -0.3 is 9.64 Å². The highest BCUT2D eigenvalue weighted by atomic mass is 16.5. The largest absolute Gasteiger partial charge is 0.379 e. The molecule has 2 fully saturated rings. The van der Waals surface area contributed by atoms with Crippen LogP contribution < -0.4 is 0 Å². The van der Waals surface area contributed by atoms with Crippen molar-refractivity contribution in [1.29, 1.82) is 0 Å². The van der Waals surface area contributed by atoms with E-state index in [0.717, 1.165) is 32.2 Å². The van der Waals surface area contributed by atoms with Crippen LogP contribution in [0.15, 0.2) is 24.3 Å². The van der Waals surface area contributed by atoms with Gasteiger partial charge in [-0.15, -0.1) is 0 Å². The Morgan fingerprint density at radius 3 is 2.17 bits per heavy atom. The molecule has 3 nitrogen and oxygen atoms in total. The molecule has 1 aromatic rings. The summed E-state index contributed by atoms with van der Waals surface area (Å²) in [6.45, 7) is 13.3. The van der Waals surface area contributed by atoms with E-state index in [4.69, 9.17) is 4.74 Å². The van der Waals surface area contributed by atoms with Crippen LogP contribution in [-0.4, -0.2) is 62.3 Å². The number of nitrogens with zero attached hydrogens (tertiary/aromatic N) is 2. The number of aryl methyl sites for hydroxylation is 2. The lowest BCUT2D eigenvalue weighted by Gasteiger charge is -2.33. The fraction of sp³-hybridized carbons (Fsp3) is 0.619. The standard InChI is InChI=1S/C21H32N2O/c1-18-4-3-5-19(2)21(18)7-6-20-8-10-22(11-9-20)12-13-23-14-16-24-17-15-23/h3-7,20H,8-17H2,1-2H3/b7-6+. The summed E-state index contributed by atoms with van der Waals surface area (Å²) in [7, 11) is 0. The van der Waals surface area contributed by atoms with Gasteiger partial charge >= 0.3 is 0 Å². The lowest BCUT2D eigenvalue weighted by atomic mass is 9.94. The summed E-state index contributed by atoms with van der Waals surface area (Å²) >= 11 is 0. The molecular formula is C21H32N2O. The first-order chi connectivity index (χ1) is 11.7. The highest BCUT2D eigenvalue weighted by Gasteiger charge is 2.18. The third kappa shape index (κ3) is 4.92. The zero-order chi connectivity index (χ0) is 16.8. The van der Waals surface area contributed by atoms with E-state index >= 15 is 0 Å². The van der Waals surface area contributed by atoms with Gasteiger partial charge in [-0.1, -0.05) is 30.4 Å². The van der Waals surface area contributed by atoms with Gasteiger partial charge in [-0.05, 0) is 62.4 Å². The van der Waals surface area contributed by atoms with Gasteiger partial charge in [0, 0.05) is 26.2 Å². The maximum atomic E-state index is 5.42. The molecule has 0 saturated carbocycles. The van der Waals surface area contributed by atoms with Crippen molar-refractivity contribution < 1.29 is 4.74 Å². The Kier molecular flexibility index (Phi) is 6.47. The van der Waals surface area contributed by atoms with Crippen molar-refractivity contribution in [2.45, 2.75) is 26.7 Å². The van der Waals surface area contributed by atoms with Crippen molar-refractivity contribution in [3.8, 4) is 0 Å². The normalized spacial score (nSPS) is 21.6. The fourth-order valence-electron chi connectivity index (χ4n) is 3.80. The summed E-state index contributed by atoms with van der Waals surface area (Å²) < 4.78 is 5.42. The molecule has 0 aliphatic carbocycles. The first-order valence-corrected chi connectivity index (χ1v) is 9.49. The van der Waals surface area contributed by atoms with Crippen LogP contribution in [0.5, 0.6) is 0 Å². The van der Waals surface area contributed by atoms with Crippen molar-refractivity contribution in [3.63, 3.8) is 0 Å². The predicted octanol–water partition coefficient (Wildman–Crippen LogP) is 3.36. The average molecular weight is 329 g/mol. The van der Waals surface area contributed by atoms with Gasteiger partial charge in [0.2, 0.25) is 0 Å². The van der Waals surface area contributed by atoms with Crippen LogP contribution in [0.1, 0.15) is 29.5 Å². The van der Waals surface area contributed by atoms with E-state index in [1.54, 1.807) is 0 Å². The second-order valence-electron chi connectivity index (χ2n) is 7.30. The van der Waals surface area contributed by atoms with E-state index in [-0.39, 0.29) is 0 Å². The fourth-order valence-corrected chi connectivity index (χ4v) is 3.80. The van der Waals surface area contributed by atoms with Crippen LogP contribution in [0.2, 0.25) is 0 Å². The molecule has 2 aliphatic heterocycles. The molecule has 2 heterocycles. The van der Waals surface area contributed by atoms with Crippen LogP contribution in [-0.2, 0) is 4.74 Å². The number of piperidine rings is 1. The number of morpholine rings is 1. The Morgan fingerprint density at radius 2 is 1.54 bits per heavy atom. The Labute approximate surface area is 147 Å². The molecule has 0 spiro atoms. The van der Waals surface area contributed by atoms with Crippen LogP contribution >= 0.6 is 0 Å². The van der Waals surface area contributed by atoms with Crippen molar-refractivity contribution in [1.82, 2.24) is 9.80 Å². The molecule has 1 aromatic carbocycles. The number of ether oxygens (including phenoxy) is 1. The molecule has 0 bridgehead atoms. The molecule has 24 heavy (non-hydrogen) atoms. The smallest absolute Gasteiger partial charge is 0.0594 e. The number of hydrogen-bond acceptors (Lipinski definition) is 3. The molecule has 3 heteroatoms. The Bertz CT molecular complexity index is 521. The highest BCUT2D eigenvalue weighted by molar-refractivity contribution is 5.57. The summed E-state index contributed by atoms with van der Waals surface area (Å²) in [5, 5.41) is 0. The summed E-state index contributed by atoms with van der Waals surface area (Å²) in [4.78, 5) is 5.18. The molecule has 0 N–H and O–H groups in total. The molecule has 2 saturated heterocycles. The third-order valence-corrected chi connectivity index (χ3v) is 5.55. The number of benzene rings is 1. The number of rotatable bonds is 5. The van der Waals surface area contributed by atoms with E-state index in [2.05, 4.69) is 54.0 Å². The van der Waals surface area contributed by atoms with E-state index in [0.29, 0.717) is 0 Å². The first-order valence-electron chi connectivity index (χ1n) is 9.49. The topological polar surface area (TPSA) is 15.7 Å². The lowest BCUT2D eigenvalue weighted by Crippen LogP contribution is -2.43. The Balaban J connectivity index is 1.42. The van der Waals surface area contributed by atoms with Crippen LogP contribution in [0, 0.1) is 19.8 Å². The van der Waals surface area contributed by atoms with Crippen molar-refractivity contribution >= 4 is 6.08 Å².